The Morgan fingerprint density at radius 3 is 2.48 bits per heavy atom. The SMILES string of the molecule is COCCNC(=O)C(=O)NN=Cc1ccc(C(=O)O)cc1. The Morgan fingerprint density at radius 1 is 1.24 bits per heavy atom. The number of hydrogen-bond donors (Lipinski definition) is 3. The summed E-state index contributed by atoms with van der Waals surface area (Å²) >= 11 is 0. The van der Waals surface area contributed by atoms with Crippen LogP contribution in [0.5, 0.6) is 0 Å². The molecular formula is C13H15N3O5. The second kappa shape index (κ2) is 8.43. The molecule has 0 radical (unpaired) electrons. The van der Waals surface area contributed by atoms with Gasteiger partial charge in [0.25, 0.3) is 0 Å². The molecule has 0 aliphatic heterocycles. The van der Waals surface area contributed by atoms with Crippen molar-refractivity contribution in [3.63, 3.8) is 0 Å². The second-order valence-electron chi connectivity index (χ2n) is 3.87. The summed E-state index contributed by atoms with van der Waals surface area (Å²) in [5, 5.41) is 14.7. The van der Waals surface area contributed by atoms with Gasteiger partial charge in [-0.2, -0.15) is 5.10 Å². The zero-order chi connectivity index (χ0) is 15.7. The molecule has 0 spiro atoms. The molecule has 1 rings (SSSR count). The van der Waals surface area contributed by atoms with E-state index in [1.165, 1.54) is 37.6 Å². The smallest absolute Gasteiger partial charge is 0.335 e. The van der Waals surface area contributed by atoms with Crippen LogP contribution in [0.15, 0.2) is 29.4 Å². The number of rotatable bonds is 6. The first-order chi connectivity index (χ1) is 10.0. The van der Waals surface area contributed by atoms with Crippen LogP contribution >= 0.6 is 0 Å². The fourth-order valence-electron chi connectivity index (χ4n) is 1.27. The van der Waals surface area contributed by atoms with Gasteiger partial charge in [0.05, 0.1) is 18.4 Å². The van der Waals surface area contributed by atoms with E-state index in [1.807, 2.05) is 0 Å². The summed E-state index contributed by atoms with van der Waals surface area (Å²) in [5.74, 6) is -2.74. The molecule has 0 saturated carbocycles. The predicted octanol–water partition coefficient (Wildman–Crippen LogP) is -0.402. The number of hydrazone groups is 1. The number of carboxylic acid groups (broad SMARTS) is 1. The van der Waals surface area contributed by atoms with Crippen LogP contribution in [0.2, 0.25) is 0 Å². The minimum atomic E-state index is -1.03. The molecule has 0 atom stereocenters. The molecule has 21 heavy (non-hydrogen) atoms. The molecule has 8 nitrogen and oxygen atoms in total. The molecule has 1 aromatic rings. The van der Waals surface area contributed by atoms with Crippen molar-refractivity contribution < 1.29 is 24.2 Å². The van der Waals surface area contributed by atoms with Crippen molar-refractivity contribution in [1.29, 1.82) is 0 Å². The van der Waals surface area contributed by atoms with Crippen molar-refractivity contribution in [3.8, 4) is 0 Å². The van der Waals surface area contributed by atoms with Crippen LogP contribution < -0.4 is 10.7 Å². The zero-order valence-electron chi connectivity index (χ0n) is 11.3. The van der Waals surface area contributed by atoms with Gasteiger partial charge in [-0.05, 0) is 17.7 Å². The van der Waals surface area contributed by atoms with Gasteiger partial charge in [0, 0.05) is 13.7 Å². The number of aromatic carboxylic acids is 1. The highest BCUT2D eigenvalue weighted by molar-refractivity contribution is 6.35. The van der Waals surface area contributed by atoms with Gasteiger partial charge in [0.2, 0.25) is 0 Å². The van der Waals surface area contributed by atoms with Crippen molar-refractivity contribution in [2.24, 2.45) is 5.10 Å². The summed E-state index contributed by atoms with van der Waals surface area (Å²) in [5.41, 5.74) is 2.79. The van der Waals surface area contributed by atoms with Crippen LogP contribution in [-0.2, 0) is 14.3 Å². The maximum Gasteiger partial charge on any atom is 0.335 e. The summed E-state index contributed by atoms with van der Waals surface area (Å²) < 4.78 is 4.72. The average molecular weight is 293 g/mol. The summed E-state index contributed by atoms with van der Waals surface area (Å²) in [4.78, 5) is 33.2. The van der Waals surface area contributed by atoms with E-state index >= 15 is 0 Å². The second-order valence-corrected chi connectivity index (χ2v) is 3.87. The lowest BCUT2D eigenvalue weighted by atomic mass is 10.1. The molecule has 1 aromatic carbocycles. The number of nitrogens with zero attached hydrogens (tertiary/aromatic N) is 1. The highest BCUT2D eigenvalue weighted by Crippen LogP contribution is 2.01. The van der Waals surface area contributed by atoms with E-state index < -0.39 is 17.8 Å². The molecule has 0 heterocycles. The fourth-order valence-corrected chi connectivity index (χ4v) is 1.27. The van der Waals surface area contributed by atoms with E-state index in [9.17, 15) is 14.4 Å². The van der Waals surface area contributed by atoms with E-state index in [1.54, 1.807) is 0 Å². The van der Waals surface area contributed by atoms with E-state index in [0.717, 1.165) is 0 Å². The topological polar surface area (TPSA) is 117 Å². The van der Waals surface area contributed by atoms with Crippen LogP contribution in [0.3, 0.4) is 0 Å². The molecule has 0 unspecified atom stereocenters. The van der Waals surface area contributed by atoms with Crippen LogP contribution in [0.1, 0.15) is 15.9 Å². The first-order valence-corrected chi connectivity index (χ1v) is 5.98. The van der Waals surface area contributed by atoms with Crippen molar-refractivity contribution in [2.45, 2.75) is 0 Å². The third-order valence-electron chi connectivity index (χ3n) is 2.34. The first kappa shape index (κ1) is 16.3. The standard InChI is InChI=1S/C13H15N3O5/c1-21-7-6-14-11(17)12(18)16-15-8-9-2-4-10(5-3-9)13(19)20/h2-5,8H,6-7H2,1H3,(H,14,17)(H,16,18)(H,19,20). The molecule has 0 fully saturated rings. The average Bonchev–Trinajstić information content (AvgIpc) is 2.47. The molecule has 0 aliphatic rings. The lowest BCUT2D eigenvalue weighted by Crippen LogP contribution is -2.39. The van der Waals surface area contributed by atoms with Crippen LogP contribution in [0, 0.1) is 0 Å². The van der Waals surface area contributed by atoms with Gasteiger partial charge in [0.15, 0.2) is 0 Å². The Bertz CT molecular complexity index is 539. The molecule has 0 aromatic heterocycles. The minimum absolute atomic E-state index is 0.147. The molecule has 0 aliphatic carbocycles. The van der Waals surface area contributed by atoms with Gasteiger partial charge in [-0.15, -0.1) is 0 Å². The number of methoxy groups -OCH3 is 1. The quantitative estimate of drug-likeness (QED) is 0.285. The van der Waals surface area contributed by atoms with Crippen molar-refractivity contribution in [1.82, 2.24) is 10.7 Å². The van der Waals surface area contributed by atoms with Gasteiger partial charge in [-0.25, -0.2) is 10.2 Å². The lowest BCUT2D eigenvalue weighted by Gasteiger charge is -2.02. The summed E-state index contributed by atoms with van der Waals surface area (Å²) in [7, 11) is 1.48. The van der Waals surface area contributed by atoms with E-state index in [4.69, 9.17) is 9.84 Å². The fraction of sp³-hybridized carbons (Fsp3) is 0.231. The predicted molar refractivity (Wildman–Crippen MR) is 74.0 cm³/mol. The van der Waals surface area contributed by atoms with Gasteiger partial charge in [-0.1, -0.05) is 12.1 Å². The number of ether oxygens (including phenoxy) is 1. The Balaban J connectivity index is 2.44. The molecule has 112 valence electrons. The lowest BCUT2D eigenvalue weighted by molar-refractivity contribution is -0.139. The number of benzene rings is 1. The molecule has 8 heteroatoms. The molecule has 0 saturated heterocycles. The Morgan fingerprint density at radius 2 is 1.90 bits per heavy atom. The van der Waals surface area contributed by atoms with E-state index in [2.05, 4.69) is 15.8 Å². The minimum Gasteiger partial charge on any atom is -0.478 e. The number of amides is 2. The first-order valence-electron chi connectivity index (χ1n) is 5.98. The van der Waals surface area contributed by atoms with Gasteiger partial charge >= 0.3 is 17.8 Å². The third-order valence-corrected chi connectivity index (χ3v) is 2.34. The number of carboxylic acids is 1. The van der Waals surface area contributed by atoms with Gasteiger partial charge < -0.3 is 15.2 Å². The highest BCUT2D eigenvalue weighted by Gasteiger charge is 2.11. The van der Waals surface area contributed by atoms with Gasteiger partial charge in [0.1, 0.15) is 0 Å². The van der Waals surface area contributed by atoms with Crippen LogP contribution in [0.4, 0.5) is 0 Å². The monoisotopic (exact) mass is 293 g/mol. The van der Waals surface area contributed by atoms with Crippen molar-refractivity contribution in [2.75, 3.05) is 20.3 Å². The molecule has 3 N–H and O–H groups in total. The number of carbonyl (C=O) groups is 3. The van der Waals surface area contributed by atoms with E-state index in [0.29, 0.717) is 12.2 Å². The van der Waals surface area contributed by atoms with Crippen LogP contribution in [0.25, 0.3) is 0 Å². The van der Waals surface area contributed by atoms with Crippen molar-refractivity contribution in [3.05, 3.63) is 35.4 Å². The summed E-state index contributed by atoms with van der Waals surface area (Å²) in [6.07, 6.45) is 1.30. The maximum atomic E-state index is 11.3. The number of nitrogens with one attached hydrogen (secondary N) is 2. The summed E-state index contributed by atoms with van der Waals surface area (Å²) in [6.45, 7) is 0.529. The zero-order valence-corrected chi connectivity index (χ0v) is 11.3. The molecular weight excluding hydrogens is 278 g/mol. The number of hydrogen-bond acceptors (Lipinski definition) is 5. The number of carbonyl (C=O) groups excluding carboxylic acids is 2. The Labute approximate surface area is 120 Å². The van der Waals surface area contributed by atoms with E-state index in [-0.39, 0.29) is 12.1 Å². The third kappa shape index (κ3) is 5.83. The molecule has 0 bridgehead atoms. The normalized spacial score (nSPS) is 10.3. The Hall–Kier alpha value is -2.74. The maximum absolute atomic E-state index is 11.3. The Kier molecular flexibility index (Phi) is 6.55. The van der Waals surface area contributed by atoms with Crippen LogP contribution in [-0.4, -0.2) is 49.4 Å². The van der Waals surface area contributed by atoms with Crippen molar-refractivity contribution >= 4 is 24.0 Å². The van der Waals surface area contributed by atoms with Gasteiger partial charge in [-0.3, -0.25) is 9.59 Å². The highest BCUT2D eigenvalue weighted by atomic mass is 16.5. The molecule has 2 amide bonds. The summed E-state index contributed by atoms with van der Waals surface area (Å²) in [6, 6.07) is 5.86. The largest absolute Gasteiger partial charge is 0.478 e.